The number of hydrogen-bond acceptors (Lipinski definition) is 4. The molecule has 9 aromatic rings. The Morgan fingerprint density at radius 3 is 1.75 bits per heavy atom. The molecule has 11 rings (SSSR count). The van der Waals surface area contributed by atoms with Crippen LogP contribution in [0.2, 0.25) is 0 Å². The van der Waals surface area contributed by atoms with Gasteiger partial charge in [-0.1, -0.05) is 91.0 Å². The third-order valence-corrected chi connectivity index (χ3v) is 14.2. The van der Waals surface area contributed by atoms with E-state index in [1.165, 1.54) is 78.6 Å². The standard InChI is InChI=1S/C48H31NS3/c1-4-10-43-37(7-1)40-27-32(17-24-46(40)50-43)30-13-19-34(20-14-30)49(36-23-26-48-42(29-36)39-9-3-6-12-45(39)52-48)35-21-15-31(16-22-35)33-18-25-47-41(28-33)38-8-2-5-11-44(38)51-47/h1-24,26-29,47H,25H2. The molecule has 0 saturated carbocycles. The van der Waals surface area contributed by atoms with Crippen molar-refractivity contribution < 1.29 is 0 Å². The summed E-state index contributed by atoms with van der Waals surface area (Å²) in [5.74, 6) is 0. The van der Waals surface area contributed by atoms with Crippen molar-refractivity contribution in [3.05, 3.63) is 181 Å². The van der Waals surface area contributed by atoms with Gasteiger partial charge in [0.05, 0.1) is 0 Å². The average Bonchev–Trinajstić information content (AvgIpc) is 3.89. The smallest absolute Gasteiger partial charge is 0.0468 e. The largest absolute Gasteiger partial charge is 0.310 e. The molecular formula is C48H31NS3. The number of hydrogen-bond donors (Lipinski definition) is 0. The fourth-order valence-corrected chi connectivity index (χ4v) is 11.5. The predicted molar refractivity (Wildman–Crippen MR) is 229 cm³/mol. The van der Waals surface area contributed by atoms with Crippen molar-refractivity contribution in [1.29, 1.82) is 0 Å². The average molecular weight is 718 g/mol. The van der Waals surface area contributed by atoms with Crippen molar-refractivity contribution in [2.75, 3.05) is 4.90 Å². The maximum absolute atomic E-state index is 2.42. The molecule has 1 unspecified atom stereocenters. The predicted octanol–water partition coefficient (Wildman–Crippen LogP) is 14.9. The van der Waals surface area contributed by atoms with Crippen LogP contribution in [0.5, 0.6) is 0 Å². The molecule has 4 heteroatoms. The van der Waals surface area contributed by atoms with Crippen LogP contribution < -0.4 is 4.90 Å². The molecule has 1 aliphatic heterocycles. The molecule has 52 heavy (non-hydrogen) atoms. The number of fused-ring (bicyclic) bond motifs is 9. The molecule has 1 atom stereocenters. The van der Waals surface area contributed by atoms with Gasteiger partial charge in [-0.15, -0.1) is 34.4 Å². The van der Waals surface area contributed by atoms with E-state index in [0.29, 0.717) is 5.25 Å². The second-order valence-electron chi connectivity index (χ2n) is 13.6. The van der Waals surface area contributed by atoms with Crippen LogP contribution >= 0.6 is 34.4 Å². The Morgan fingerprint density at radius 1 is 0.462 bits per heavy atom. The minimum Gasteiger partial charge on any atom is -0.310 e. The summed E-state index contributed by atoms with van der Waals surface area (Å²) in [5.41, 5.74) is 11.3. The Balaban J connectivity index is 0.987. The highest BCUT2D eigenvalue weighted by Crippen LogP contribution is 2.50. The number of nitrogens with zero attached hydrogens (tertiary/aromatic N) is 1. The zero-order valence-electron chi connectivity index (χ0n) is 28.1. The van der Waals surface area contributed by atoms with E-state index < -0.39 is 0 Å². The Kier molecular flexibility index (Phi) is 7.04. The van der Waals surface area contributed by atoms with Crippen molar-refractivity contribution >= 4 is 103 Å². The minimum absolute atomic E-state index is 0.522. The molecule has 0 fully saturated rings. The lowest BCUT2D eigenvalue weighted by Gasteiger charge is -2.26. The number of thiophene rings is 2. The van der Waals surface area contributed by atoms with Crippen LogP contribution in [0.15, 0.2) is 175 Å². The molecule has 1 nitrogen and oxygen atoms in total. The lowest BCUT2D eigenvalue weighted by Crippen LogP contribution is -2.10. The van der Waals surface area contributed by atoms with Gasteiger partial charge in [-0.3, -0.25) is 0 Å². The summed E-state index contributed by atoms with van der Waals surface area (Å²) in [6, 6.07) is 58.4. The molecule has 0 amide bonds. The zero-order chi connectivity index (χ0) is 34.2. The van der Waals surface area contributed by atoms with Gasteiger partial charge < -0.3 is 4.90 Å². The van der Waals surface area contributed by atoms with Gasteiger partial charge in [-0.2, -0.15) is 0 Å². The number of allylic oxidation sites excluding steroid dienone is 3. The van der Waals surface area contributed by atoms with E-state index in [2.05, 4.69) is 175 Å². The van der Waals surface area contributed by atoms with E-state index in [-0.39, 0.29) is 0 Å². The van der Waals surface area contributed by atoms with Gasteiger partial charge in [0.15, 0.2) is 0 Å². The summed E-state index contributed by atoms with van der Waals surface area (Å²) in [7, 11) is 0. The Bertz CT molecular complexity index is 2910. The first-order chi connectivity index (χ1) is 25.7. The highest BCUT2D eigenvalue weighted by Gasteiger charge is 2.29. The van der Waals surface area contributed by atoms with Crippen molar-refractivity contribution in [3.63, 3.8) is 0 Å². The third kappa shape index (κ3) is 4.97. The van der Waals surface area contributed by atoms with Gasteiger partial charge in [0.2, 0.25) is 0 Å². The van der Waals surface area contributed by atoms with E-state index >= 15 is 0 Å². The fourth-order valence-electron chi connectivity index (χ4n) is 8.02. The molecule has 0 saturated heterocycles. The number of anilines is 3. The van der Waals surface area contributed by atoms with Crippen LogP contribution in [-0.2, 0) is 0 Å². The van der Waals surface area contributed by atoms with Gasteiger partial charge in [0.1, 0.15) is 0 Å². The van der Waals surface area contributed by atoms with E-state index in [1.54, 1.807) is 0 Å². The van der Waals surface area contributed by atoms with Crippen LogP contribution in [-0.4, -0.2) is 5.25 Å². The van der Waals surface area contributed by atoms with Crippen molar-refractivity contribution in [2.24, 2.45) is 0 Å². The first-order valence-electron chi connectivity index (χ1n) is 17.7. The first-order valence-corrected chi connectivity index (χ1v) is 20.3. The van der Waals surface area contributed by atoms with Crippen molar-refractivity contribution in [3.8, 4) is 11.1 Å². The number of rotatable bonds is 5. The molecule has 2 aliphatic rings. The molecule has 1 aliphatic carbocycles. The highest BCUT2D eigenvalue weighted by atomic mass is 32.2. The number of benzene rings is 7. The molecule has 0 radical (unpaired) electrons. The summed E-state index contributed by atoms with van der Waals surface area (Å²) in [6.45, 7) is 0. The van der Waals surface area contributed by atoms with E-state index in [1.807, 2.05) is 34.4 Å². The zero-order valence-corrected chi connectivity index (χ0v) is 30.6. The summed E-state index contributed by atoms with van der Waals surface area (Å²) in [4.78, 5) is 3.81. The third-order valence-electron chi connectivity index (χ3n) is 10.6. The number of thioether (sulfide) groups is 1. The van der Waals surface area contributed by atoms with Crippen LogP contribution in [0, 0.1) is 0 Å². The normalized spacial score (nSPS) is 15.2. The van der Waals surface area contributed by atoms with Gasteiger partial charge in [0.25, 0.3) is 0 Å². The summed E-state index contributed by atoms with van der Waals surface area (Å²) in [6.07, 6.45) is 5.90. The van der Waals surface area contributed by atoms with Crippen molar-refractivity contribution in [2.45, 2.75) is 16.6 Å². The van der Waals surface area contributed by atoms with Crippen LogP contribution in [0.1, 0.15) is 17.5 Å². The Labute approximate surface area is 314 Å². The van der Waals surface area contributed by atoms with Gasteiger partial charge in [0, 0.05) is 67.6 Å². The van der Waals surface area contributed by atoms with Gasteiger partial charge in [-0.05, 0) is 119 Å². The minimum atomic E-state index is 0.522. The van der Waals surface area contributed by atoms with Gasteiger partial charge in [-0.25, -0.2) is 0 Å². The fraction of sp³-hybridized carbons (Fsp3) is 0.0417. The molecule has 0 bridgehead atoms. The molecule has 246 valence electrons. The monoisotopic (exact) mass is 717 g/mol. The van der Waals surface area contributed by atoms with Crippen LogP contribution in [0.3, 0.4) is 0 Å². The SMILES string of the molecule is C1=C(c2ccc(N(c3ccc(-c4ccc5sc6ccccc6c5c4)cc3)c3ccc4sc5ccccc5c4c3)cc2)C=C2c3ccccc3SC2C1. The molecule has 7 aromatic carbocycles. The first kappa shape index (κ1) is 30.3. The van der Waals surface area contributed by atoms with Crippen LogP contribution in [0.25, 0.3) is 62.6 Å². The van der Waals surface area contributed by atoms with Crippen molar-refractivity contribution in [1.82, 2.24) is 0 Å². The van der Waals surface area contributed by atoms with E-state index in [9.17, 15) is 0 Å². The lowest BCUT2D eigenvalue weighted by molar-refractivity contribution is 1.09. The Hall–Kier alpha value is -5.39. The molecule has 3 heterocycles. The highest BCUT2D eigenvalue weighted by molar-refractivity contribution is 8.00. The maximum atomic E-state index is 2.42. The quantitative estimate of drug-likeness (QED) is 0.174. The van der Waals surface area contributed by atoms with Crippen LogP contribution in [0.4, 0.5) is 17.1 Å². The maximum Gasteiger partial charge on any atom is 0.0468 e. The second-order valence-corrected chi connectivity index (χ2v) is 17.0. The molecule has 0 N–H and O–H groups in total. The summed E-state index contributed by atoms with van der Waals surface area (Å²) in [5, 5.41) is 5.80. The Morgan fingerprint density at radius 2 is 1.02 bits per heavy atom. The van der Waals surface area contributed by atoms with E-state index in [0.717, 1.165) is 23.5 Å². The lowest BCUT2D eigenvalue weighted by atomic mass is 9.90. The topological polar surface area (TPSA) is 3.24 Å². The summed E-state index contributed by atoms with van der Waals surface area (Å²) >= 11 is 5.73. The summed E-state index contributed by atoms with van der Waals surface area (Å²) < 4.78 is 5.31. The second kappa shape index (κ2) is 12.1. The molecule has 0 spiro atoms. The van der Waals surface area contributed by atoms with E-state index in [4.69, 9.17) is 0 Å². The van der Waals surface area contributed by atoms with Gasteiger partial charge >= 0.3 is 0 Å². The molecule has 2 aromatic heterocycles. The molecular weight excluding hydrogens is 687 g/mol.